The highest BCUT2D eigenvalue weighted by Gasteiger charge is 2.10. The van der Waals surface area contributed by atoms with Crippen LogP contribution in [0.5, 0.6) is 0 Å². The maximum atomic E-state index is 12.0. The van der Waals surface area contributed by atoms with Gasteiger partial charge in [-0.1, -0.05) is 50.2 Å². The highest BCUT2D eigenvalue weighted by molar-refractivity contribution is 7.99. The number of para-hydroxylation sites is 1. The average Bonchev–Trinajstić information content (AvgIpc) is 2.55. The monoisotopic (exact) mass is 342 g/mol. The first kappa shape index (κ1) is 18.1. The number of anilines is 1. The molecule has 0 aliphatic carbocycles. The first-order valence-electron chi connectivity index (χ1n) is 7.82. The summed E-state index contributed by atoms with van der Waals surface area (Å²) in [6, 6.07) is 15.2. The van der Waals surface area contributed by atoms with E-state index in [1.807, 2.05) is 0 Å². The molecule has 2 aromatic rings. The van der Waals surface area contributed by atoms with Gasteiger partial charge in [0.25, 0.3) is 5.91 Å². The van der Waals surface area contributed by atoms with Crippen LogP contribution in [0.25, 0.3) is 0 Å². The van der Waals surface area contributed by atoms with E-state index < -0.39 is 5.91 Å². The highest BCUT2D eigenvalue weighted by atomic mass is 32.2. The quantitative estimate of drug-likeness (QED) is 0.804. The molecule has 0 saturated heterocycles. The van der Waals surface area contributed by atoms with Gasteiger partial charge in [0.1, 0.15) is 0 Å². The van der Waals surface area contributed by atoms with E-state index >= 15 is 0 Å². The molecule has 0 aliphatic heterocycles. The molecule has 24 heavy (non-hydrogen) atoms. The number of hydrogen-bond donors (Lipinski definition) is 2. The first-order chi connectivity index (χ1) is 11.5. The van der Waals surface area contributed by atoms with Crippen LogP contribution in [0.15, 0.2) is 48.5 Å². The van der Waals surface area contributed by atoms with Crippen molar-refractivity contribution in [2.24, 2.45) is 5.73 Å². The van der Waals surface area contributed by atoms with Gasteiger partial charge in [-0.05, 0) is 29.2 Å². The maximum Gasteiger partial charge on any atom is 0.250 e. The van der Waals surface area contributed by atoms with Crippen LogP contribution in [0.4, 0.5) is 5.69 Å². The minimum Gasteiger partial charge on any atom is -0.366 e. The number of rotatable bonds is 7. The van der Waals surface area contributed by atoms with E-state index in [4.69, 9.17) is 5.73 Å². The van der Waals surface area contributed by atoms with E-state index in [1.54, 1.807) is 24.3 Å². The van der Waals surface area contributed by atoms with Gasteiger partial charge in [-0.25, -0.2) is 0 Å². The molecular weight excluding hydrogens is 320 g/mol. The van der Waals surface area contributed by atoms with Crippen molar-refractivity contribution in [2.75, 3.05) is 11.1 Å². The normalized spacial score (nSPS) is 10.6. The Hall–Kier alpha value is -2.27. The summed E-state index contributed by atoms with van der Waals surface area (Å²) in [7, 11) is 0. The minimum absolute atomic E-state index is 0.146. The SMILES string of the molecule is CC(C)c1ccc(CSCC(=O)Nc2ccccc2C(N)=O)cc1. The summed E-state index contributed by atoms with van der Waals surface area (Å²) in [5.74, 6) is 0.904. The van der Waals surface area contributed by atoms with Crippen LogP contribution >= 0.6 is 11.8 Å². The third kappa shape index (κ3) is 5.13. The molecular formula is C19H22N2O2S. The molecule has 0 radical (unpaired) electrons. The number of carbonyl (C=O) groups excluding carboxylic acids is 2. The lowest BCUT2D eigenvalue weighted by molar-refractivity contribution is -0.113. The molecule has 0 atom stereocenters. The molecule has 0 aliphatic rings. The zero-order valence-electron chi connectivity index (χ0n) is 13.9. The summed E-state index contributed by atoms with van der Waals surface area (Å²) < 4.78 is 0. The molecule has 0 bridgehead atoms. The van der Waals surface area contributed by atoms with Crippen LogP contribution in [0.3, 0.4) is 0 Å². The van der Waals surface area contributed by atoms with E-state index in [2.05, 4.69) is 43.4 Å². The summed E-state index contributed by atoms with van der Waals surface area (Å²) in [5.41, 5.74) is 8.58. The molecule has 0 saturated carbocycles. The highest BCUT2D eigenvalue weighted by Crippen LogP contribution is 2.19. The summed E-state index contributed by atoms with van der Waals surface area (Å²) >= 11 is 1.53. The molecule has 0 fully saturated rings. The van der Waals surface area contributed by atoms with Gasteiger partial charge >= 0.3 is 0 Å². The lowest BCUT2D eigenvalue weighted by Crippen LogP contribution is -2.19. The van der Waals surface area contributed by atoms with Crippen LogP contribution < -0.4 is 11.1 Å². The van der Waals surface area contributed by atoms with Crippen molar-refractivity contribution in [3.05, 3.63) is 65.2 Å². The van der Waals surface area contributed by atoms with Crippen molar-refractivity contribution >= 4 is 29.3 Å². The van der Waals surface area contributed by atoms with Crippen LogP contribution in [0, 0.1) is 0 Å². The van der Waals surface area contributed by atoms with E-state index in [0.29, 0.717) is 22.9 Å². The Morgan fingerprint density at radius 3 is 2.38 bits per heavy atom. The number of benzene rings is 2. The van der Waals surface area contributed by atoms with Gasteiger partial charge in [0.2, 0.25) is 5.91 Å². The Bertz CT molecular complexity index is 712. The molecule has 2 aromatic carbocycles. The lowest BCUT2D eigenvalue weighted by Gasteiger charge is -2.09. The summed E-state index contributed by atoms with van der Waals surface area (Å²) in [4.78, 5) is 23.4. The van der Waals surface area contributed by atoms with Gasteiger partial charge in [0.15, 0.2) is 0 Å². The van der Waals surface area contributed by atoms with E-state index in [0.717, 1.165) is 5.75 Å². The predicted molar refractivity (Wildman–Crippen MR) is 100 cm³/mol. The molecule has 4 nitrogen and oxygen atoms in total. The molecule has 0 unspecified atom stereocenters. The third-order valence-corrected chi connectivity index (χ3v) is 4.62. The van der Waals surface area contributed by atoms with Gasteiger partial charge in [0, 0.05) is 5.75 Å². The van der Waals surface area contributed by atoms with E-state index in [-0.39, 0.29) is 5.91 Å². The Morgan fingerprint density at radius 2 is 1.75 bits per heavy atom. The first-order valence-corrected chi connectivity index (χ1v) is 8.98. The van der Waals surface area contributed by atoms with Gasteiger partial charge < -0.3 is 11.1 Å². The Morgan fingerprint density at radius 1 is 1.08 bits per heavy atom. The molecule has 126 valence electrons. The maximum absolute atomic E-state index is 12.0. The molecule has 0 aromatic heterocycles. The number of carbonyl (C=O) groups is 2. The second-order valence-electron chi connectivity index (χ2n) is 5.85. The third-order valence-electron chi connectivity index (χ3n) is 3.61. The summed E-state index contributed by atoms with van der Waals surface area (Å²) in [6.45, 7) is 4.33. The van der Waals surface area contributed by atoms with Crippen molar-refractivity contribution in [3.63, 3.8) is 0 Å². The van der Waals surface area contributed by atoms with Gasteiger partial charge in [-0.2, -0.15) is 0 Å². The summed E-state index contributed by atoms with van der Waals surface area (Å²) in [6.07, 6.45) is 0. The van der Waals surface area contributed by atoms with Crippen LogP contribution in [-0.2, 0) is 10.5 Å². The van der Waals surface area contributed by atoms with E-state index in [1.165, 1.54) is 22.9 Å². The number of nitrogens with one attached hydrogen (secondary N) is 1. The topological polar surface area (TPSA) is 72.2 Å². The van der Waals surface area contributed by atoms with Gasteiger partial charge in [0.05, 0.1) is 17.0 Å². The fraction of sp³-hybridized carbons (Fsp3) is 0.263. The second kappa shape index (κ2) is 8.55. The number of nitrogens with two attached hydrogens (primary N) is 1. The zero-order chi connectivity index (χ0) is 17.5. The van der Waals surface area contributed by atoms with Crippen LogP contribution in [0.2, 0.25) is 0 Å². The lowest BCUT2D eigenvalue weighted by atomic mass is 10.0. The minimum atomic E-state index is -0.552. The van der Waals surface area contributed by atoms with Gasteiger partial charge in [-0.15, -0.1) is 11.8 Å². The number of primary amides is 1. The number of amides is 2. The van der Waals surface area contributed by atoms with Crippen molar-refractivity contribution in [3.8, 4) is 0 Å². The van der Waals surface area contributed by atoms with Crippen LogP contribution in [0.1, 0.15) is 41.3 Å². The second-order valence-corrected chi connectivity index (χ2v) is 6.83. The fourth-order valence-corrected chi connectivity index (χ4v) is 3.04. The Kier molecular flexibility index (Phi) is 6.44. The van der Waals surface area contributed by atoms with Crippen molar-refractivity contribution in [1.82, 2.24) is 0 Å². The average molecular weight is 342 g/mol. The molecule has 2 rings (SSSR count). The van der Waals surface area contributed by atoms with Gasteiger partial charge in [-0.3, -0.25) is 9.59 Å². The van der Waals surface area contributed by atoms with Crippen LogP contribution in [-0.4, -0.2) is 17.6 Å². The molecule has 3 N–H and O–H groups in total. The number of hydrogen-bond acceptors (Lipinski definition) is 3. The molecule has 0 spiro atoms. The standard InChI is InChI=1S/C19H22N2O2S/c1-13(2)15-9-7-14(8-10-15)11-24-12-18(22)21-17-6-4-3-5-16(17)19(20)23/h3-10,13H,11-12H2,1-2H3,(H2,20,23)(H,21,22). The number of thioether (sulfide) groups is 1. The van der Waals surface area contributed by atoms with E-state index in [9.17, 15) is 9.59 Å². The van der Waals surface area contributed by atoms with Crippen molar-refractivity contribution < 1.29 is 9.59 Å². The molecule has 0 heterocycles. The van der Waals surface area contributed by atoms with Crippen molar-refractivity contribution in [1.29, 1.82) is 0 Å². The largest absolute Gasteiger partial charge is 0.366 e. The Labute approximate surface area is 146 Å². The molecule has 2 amide bonds. The Balaban J connectivity index is 1.84. The predicted octanol–water partition coefficient (Wildman–Crippen LogP) is 3.78. The van der Waals surface area contributed by atoms with Crippen molar-refractivity contribution in [2.45, 2.75) is 25.5 Å². The fourth-order valence-electron chi connectivity index (χ4n) is 2.25. The zero-order valence-corrected chi connectivity index (χ0v) is 14.7. The summed E-state index contributed by atoms with van der Waals surface area (Å²) in [5, 5.41) is 2.74. The molecule has 5 heteroatoms. The smallest absolute Gasteiger partial charge is 0.250 e.